The highest BCUT2D eigenvalue weighted by molar-refractivity contribution is 7.15. The lowest BCUT2D eigenvalue weighted by Crippen LogP contribution is -2.12. The molecule has 1 aromatic heterocycles. The monoisotopic (exact) mass is 301 g/mol. The van der Waals surface area contributed by atoms with Crippen molar-refractivity contribution in [1.29, 1.82) is 0 Å². The minimum Gasteiger partial charge on any atom is -0.395 e. The molecule has 0 saturated heterocycles. The van der Waals surface area contributed by atoms with Crippen LogP contribution in [0.3, 0.4) is 0 Å². The van der Waals surface area contributed by atoms with Gasteiger partial charge in [-0.15, -0.1) is 10.2 Å². The van der Waals surface area contributed by atoms with E-state index in [0.717, 1.165) is 16.1 Å². The molecular formula is C15H15N3O2S. The van der Waals surface area contributed by atoms with E-state index < -0.39 is 0 Å². The van der Waals surface area contributed by atoms with E-state index in [-0.39, 0.29) is 12.5 Å². The largest absolute Gasteiger partial charge is 0.395 e. The lowest BCUT2D eigenvalue weighted by atomic mass is 10.1. The topological polar surface area (TPSA) is 75.1 Å². The van der Waals surface area contributed by atoms with Crippen LogP contribution < -0.4 is 5.32 Å². The molecule has 2 rings (SSSR count). The number of rotatable bonds is 3. The van der Waals surface area contributed by atoms with Crippen LogP contribution in [-0.2, 0) is 0 Å². The van der Waals surface area contributed by atoms with E-state index in [1.54, 1.807) is 12.1 Å². The molecule has 1 aromatic carbocycles. The molecule has 1 heterocycles. The van der Waals surface area contributed by atoms with E-state index in [1.807, 2.05) is 19.9 Å². The van der Waals surface area contributed by atoms with Gasteiger partial charge >= 0.3 is 0 Å². The van der Waals surface area contributed by atoms with E-state index in [4.69, 9.17) is 5.11 Å². The first-order valence-electron chi connectivity index (χ1n) is 6.41. The number of benzene rings is 1. The molecule has 21 heavy (non-hydrogen) atoms. The van der Waals surface area contributed by atoms with Gasteiger partial charge in [-0.1, -0.05) is 23.2 Å². The average molecular weight is 301 g/mol. The number of anilines is 1. The lowest BCUT2D eigenvalue weighted by molar-refractivity contribution is 0.102. The van der Waals surface area contributed by atoms with Crippen molar-refractivity contribution in [3.63, 3.8) is 0 Å². The molecule has 0 unspecified atom stereocenters. The second kappa shape index (κ2) is 6.97. The smallest absolute Gasteiger partial charge is 0.257 e. The van der Waals surface area contributed by atoms with Crippen molar-refractivity contribution in [2.45, 2.75) is 20.3 Å². The number of nitrogens with one attached hydrogen (secondary N) is 1. The van der Waals surface area contributed by atoms with Crippen LogP contribution in [0.2, 0.25) is 0 Å². The van der Waals surface area contributed by atoms with Crippen molar-refractivity contribution in [2.24, 2.45) is 0 Å². The number of hydrogen-bond acceptors (Lipinski definition) is 5. The Kier molecular flexibility index (Phi) is 5.04. The normalized spacial score (nSPS) is 9.86. The van der Waals surface area contributed by atoms with Crippen molar-refractivity contribution in [2.75, 3.05) is 11.9 Å². The minimum absolute atomic E-state index is 0.0303. The summed E-state index contributed by atoms with van der Waals surface area (Å²) in [6.07, 6.45) is 0.416. The molecular weight excluding hydrogens is 286 g/mol. The van der Waals surface area contributed by atoms with Gasteiger partial charge in [0, 0.05) is 17.5 Å². The van der Waals surface area contributed by atoms with Crippen LogP contribution in [0, 0.1) is 25.7 Å². The standard InChI is InChI=1S/C15H15N3O2S/c1-10-7-12(5-3-4-6-19)9-13(8-10)14(20)16-15-18-17-11(2)21-15/h7-9,19H,4,6H2,1-2H3,(H,16,18,20). The van der Waals surface area contributed by atoms with Gasteiger partial charge in [0.1, 0.15) is 5.01 Å². The summed E-state index contributed by atoms with van der Waals surface area (Å²) in [5, 5.41) is 20.4. The van der Waals surface area contributed by atoms with E-state index in [9.17, 15) is 4.79 Å². The molecule has 0 aliphatic rings. The van der Waals surface area contributed by atoms with Crippen molar-refractivity contribution < 1.29 is 9.90 Å². The van der Waals surface area contributed by atoms with Crippen LogP contribution in [0.15, 0.2) is 18.2 Å². The van der Waals surface area contributed by atoms with Gasteiger partial charge in [0.2, 0.25) is 5.13 Å². The van der Waals surface area contributed by atoms with Crippen molar-refractivity contribution in [3.05, 3.63) is 39.9 Å². The number of amides is 1. The predicted molar refractivity (Wildman–Crippen MR) is 82.4 cm³/mol. The third kappa shape index (κ3) is 4.38. The summed E-state index contributed by atoms with van der Waals surface area (Å²) in [5.41, 5.74) is 2.22. The third-order valence-electron chi connectivity index (χ3n) is 2.56. The molecule has 0 spiro atoms. The van der Waals surface area contributed by atoms with Crippen molar-refractivity contribution in [1.82, 2.24) is 10.2 Å². The van der Waals surface area contributed by atoms with Crippen LogP contribution >= 0.6 is 11.3 Å². The lowest BCUT2D eigenvalue weighted by Gasteiger charge is -2.04. The van der Waals surface area contributed by atoms with Gasteiger partial charge in [0.05, 0.1) is 6.61 Å². The molecule has 1 amide bonds. The Morgan fingerprint density at radius 2 is 2.14 bits per heavy atom. The van der Waals surface area contributed by atoms with Crippen LogP contribution in [0.5, 0.6) is 0 Å². The maximum absolute atomic E-state index is 12.2. The third-order valence-corrected chi connectivity index (χ3v) is 3.31. The Hall–Kier alpha value is -2.23. The molecule has 0 bridgehead atoms. The van der Waals surface area contributed by atoms with E-state index in [1.165, 1.54) is 11.3 Å². The van der Waals surface area contributed by atoms with Gasteiger partial charge in [0.15, 0.2) is 0 Å². The predicted octanol–water partition coefficient (Wildman–Crippen LogP) is 2.14. The summed E-state index contributed by atoms with van der Waals surface area (Å²) >= 11 is 1.33. The average Bonchev–Trinajstić information content (AvgIpc) is 2.84. The molecule has 2 N–H and O–H groups in total. The maximum Gasteiger partial charge on any atom is 0.257 e. The summed E-state index contributed by atoms with van der Waals surface area (Å²) < 4.78 is 0. The zero-order valence-corrected chi connectivity index (χ0v) is 12.6. The highest BCUT2D eigenvalue weighted by Gasteiger charge is 2.10. The van der Waals surface area contributed by atoms with Crippen LogP contribution in [0.1, 0.15) is 32.9 Å². The molecule has 0 aliphatic heterocycles. The zero-order chi connectivity index (χ0) is 15.2. The van der Waals surface area contributed by atoms with E-state index in [0.29, 0.717) is 17.1 Å². The fourth-order valence-electron chi connectivity index (χ4n) is 1.72. The van der Waals surface area contributed by atoms with E-state index in [2.05, 4.69) is 27.4 Å². The van der Waals surface area contributed by atoms with Gasteiger partial charge in [0.25, 0.3) is 5.91 Å². The summed E-state index contributed by atoms with van der Waals surface area (Å²) in [7, 11) is 0. The summed E-state index contributed by atoms with van der Waals surface area (Å²) in [5.74, 6) is 5.54. The summed E-state index contributed by atoms with van der Waals surface area (Å²) in [6.45, 7) is 3.76. The molecule has 0 radical (unpaired) electrons. The Morgan fingerprint density at radius 1 is 1.33 bits per heavy atom. The number of aryl methyl sites for hydroxylation is 2. The number of aliphatic hydroxyl groups is 1. The fraction of sp³-hybridized carbons (Fsp3) is 0.267. The first kappa shape index (κ1) is 15.2. The molecule has 5 nitrogen and oxygen atoms in total. The van der Waals surface area contributed by atoms with Crippen LogP contribution in [0.25, 0.3) is 0 Å². The van der Waals surface area contributed by atoms with Gasteiger partial charge in [-0.25, -0.2) is 0 Å². The number of carbonyl (C=O) groups excluding carboxylic acids is 1. The molecule has 0 aliphatic carbocycles. The first-order chi connectivity index (χ1) is 10.1. The number of nitrogens with zero attached hydrogens (tertiary/aromatic N) is 2. The summed E-state index contributed by atoms with van der Waals surface area (Å²) in [4.78, 5) is 12.2. The zero-order valence-electron chi connectivity index (χ0n) is 11.8. The number of aromatic nitrogens is 2. The van der Waals surface area contributed by atoms with Gasteiger partial charge in [-0.05, 0) is 37.6 Å². The maximum atomic E-state index is 12.2. The van der Waals surface area contributed by atoms with Gasteiger partial charge in [-0.3, -0.25) is 10.1 Å². The fourth-order valence-corrected chi connectivity index (χ4v) is 2.31. The quantitative estimate of drug-likeness (QED) is 0.852. The molecule has 0 saturated carbocycles. The Morgan fingerprint density at radius 3 is 2.81 bits per heavy atom. The second-order valence-corrected chi connectivity index (χ2v) is 5.63. The van der Waals surface area contributed by atoms with E-state index >= 15 is 0 Å². The molecule has 6 heteroatoms. The molecule has 2 aromatic rings. The SMILES string of the molecule is Cc1cc(C#CCCO)cc(C(=O)Nc2nnc(C)s2)c1. The number of hydrogen-bond donors (Lipinski definition) is 2. The number of aliphatic hydroxyl groups excluding tert-OH is 1. The molecule has 0 atom stereocenters. The second-order valence-electron chi connectivity index (χ2n) is 4.44. The van der Waals surface area contributed by atoms with Gasteiger partial charge < -0.3 is 5.11 Å². The Bertz CT molecular complexity index is 713. The number of carbonyl (C=O) groups is 1. The van der Waals surface area contributed by atoms with Gasteiger partial charge in [-0.2, -0.15) is 0 Å². The highest BCUT2D eigenvalue weighted by Crippen LogP contribution is 2.16. The highest BCUT2D eigenvalue weighted by atomic mass is 32.1. The Labute approximate surface area is 127 Å². The van der Waals surface area contributed by atoms with Crippen molar-refractivity contribution in [3.8, 4) is 11.8 Å². The summed E-state index contributed by atoms with van der Waals surface area (Å²) in [6, 6.07) is 5.41. The minimum atomic E-state index is -0.236. The van der Waals surface area contributed by atoms with Crippen LogP contribution in [0.4, 0.5) is 5.13 Å². The molecule has 0 fully saturated rings. The first-order valence-corrected chi connectivity index (χ1v) is 7.23. The molecule has 108 valence electrons. The van der Waals surface area contributed by atoms with Crippen LogP contribution in [-0.4, -0.2) is 27.8 Å². The Balaban J connectivity index is 2.19. The van der Waals surface area contributed by atoms with Crippen molar-refractivity contribution >= 4 is 22.4 Å².